The zero-order chi connectivity index (χ0) is 24.6. The van der Waals surface area contributed by atoms with Crippen molar-refractivity contribution in [3.05, 3.63) is 71.4 Å². The van der Waals surface area contributed by atoms with Crippen molar-refractivity contribution in [1.29, 1.82) is 0 Å². The summed E-state index contributed by atoms with van der Waals surface area (Å²) in [6.45, 7) is 3.09. The third kappa shape index (κ3) is 5.96. The molecule has 8 nitrogen and oxygen atoms in total. The molecule has 0 N–H and O–H groups in total. The van der Waals surface area contributed by atoms with Gasteiger partial charge in [0.1, 0.15) is 18.2 Å². The van der Waals surface area contributed by atoms with Gasteiger partial charge in [0.05, 0.1) is 19.4 Å². The average molecular weight is 477 g/mol. The van der Waals surface area contributed by atoms with E-state index in [1.165, 1.54) is 0 Å². The number of amides is 1. The lowest BCUT2D eigenvalue weighted by atomic mass is 10.0. The molecular weight excluding hydrogens is 444 g/mol. The molecule has 0 spiro atoms. The highest BCUT2D eigenvalue weighted by atomic mass is 16.5. The Morgan fingerprint density at radius 3 is 2.23 bits per heavy atom. The molecule has 1 aliphatic rings. The minimum absolute atomic E-state index is 0.0124. The first-order chi connectivity index (χ1) is 17.1. The first-order valence-corrected chi connectivity index (χ1v) is 11.7. The molecule has 0 radical (unpaired) electrons. The molecule has 184 valence electrons. The molecule has 0 saturated carbocycles. The summed E-state index contributed by atoms with van der Waals surface area (Å²) in [5.74, 6) is 2.39. The van der Waals surface area contributed by atoms with Gasteiger partial charge in [-0.25, -0.2) is 9.97 Å². The molecule has 0 aliphatic carbocycles. The van der Waals surface area contributed by atoms with Gasteiger partial charge in [0, 0.05) is 57.9 Å². The number of piperazine rings is 1. The van der Waals surface area contributed by atoms with E-state index in [9.17, 15) is 4.79 Å². The normalized spacial score (nSPS) is 13.7. The molecular formula is C27H32N4O4. The second-order valence-electron chi connectivity index (χ2n) is 8.42. The molecule has 0 unspecified atom stereocenters. The molecule has 1 aromatic heterocycles. The first kappa shape index (κ1) is 24.6. The SMILES string of the molecule is COCC(=O)N1CCN(c2nc(-c3ccccc3)nc(COC)c2Cc2ccc(OC)cc2)CC1. The number of methoxy groups -OCH3 is 3. The number of nitrogens with zero attached hydrogens (tertiary/aromatic N) is 4. The molecule has 8 heteroatoms. The van der Waals surface area contributed by atoms with Crippen LogP contribution in [0.4, 0.5) is 5.82 Å². The van der Waals surface area contributed by atoms with Crippen LogP contribution < -0.4 is 9.64 Å². The maximum Gasteiger partial charge on any atom is 0.248 e. The van der Waals surface area contributed by atoms with E-state index in [2.05, 4.69) is 17.0 Å². The van der Waals surface area contributed by atoms with Gasteiger partial charge in [-0.15, -0.1) is 0 Å². The Balaban J connectivity index is 1.72. The quantitative estimate of drug-likeness (QED) is 0.469. The molecule has 1 aliphatic heterocycles. The van der Waals surface area contributed by atoms with E-state index in [-0.39, 0.29) is 12.5 Å². The van der Waals surface area contributed by atoms with E-state index < -0.39 is 0 Å². The van der Waals surface area contributed by atoms with Crippen molar-refractivity contribution in [3.8, 4) is 17.1 Å². The number of ether oxygens (including phenoxy) is 3. The van der Waals surface area contributed by atoms with Crippen molar-refractivity contribution in [2.24, 2.45) is 0 Å². The standard InChI is InChI=1S/C27H32N4O4/c1-33-18-24-23(17-20-9-11-22(35-3)12-10-20)27(29-26(28-24)21-7-5-4-6-8-21)31-15-13-30(14-16-31)25(32)19-34-2/h4-12H,13-19H2,1-3H3. The molecule has 0 atom stereocenters. The smallest absolute Gasteiger partial charge is 0.248 e. The van der Waals surface area contributed by atoms with E-state index in [4.69, 9.17) is 24.2 Å². The zero-order valence-corrected chi connectivity index (χ0v) is 20.6. The summed E-state index contributed by atoms with van der Waals surface area (Å²) in [4.78, 5) is 26.4. The number of hydrogen-bond donors (Lipinski definition) is 0. The Morgan fingerprint density at radius 2 is 1.60 bits per heavy atom. The highest BCUT2D eigenvalue weighted by Crippen LogP contribution is 2.29. The molecule has 3 aromatic rings. The summed E-state index contributed by atoms with van der Waals surface area (Å²) in [5, 5.41) is 0. The van der Waals surface area contributed by atoms with Gasteiger partial charge in [0.2, 0.25) is 5.91 Å². The number of carbonyl (C=O) groups is 1. The monoisotopic (exact) mass is 476 g/mol. The second-order valence-corrected chi connectivity index (χ2v) is 8.42. The Kier molecular flexibility index (Phi) is 8.28. The van der Waals surface area contributed by atoms with Crippen LogP contribution in [-0.4, -0.2) is 74.9 Å². The number of aromatic nitrogens is 2. The highest BCUT2D eigenvalue weighted by molar-refractivity contribution is 5.77. The Hall–Kier alpha value is -3.49. The molecule has 0 bridgehead atoms. The average Bonchev–Trinajstić information content (AvgIpc) is 2.91. The van der Waals surface area contributed by atoms with Crippen molar-refractivity contribution >= 4 is 11.7 Å². The van der Waals surface area contributed by atoms with Crippen molar-refractivity contribution in [1.82, 2.24) is 14.9 Å². The summed E-state index contributed by atoms with van der Waals surface area (Å²) in [6, 6.07) is 18.0. The van der Waals surface area contributed by atoms with Crippen molar-refractivity contribution in [3.63, 3.8) is 0 Å². The first-order valence-electron chi connectivity index (χ1n) is 11.7. The fourth-order valence-corrected chi connectivity index (χ4v) is 4.26. The maximum absolute atomic E-state index is 12.3. The van der Waals surface area contributed by atoms with Crippen molar-refractivity contribution in [2.75, 3.05) is 59.0 Å². The number of hydrogen-bond acceptors (Lipinski definition) is 7. The molecule has 1 fully saturated rings. The fraction of sp³-hybridized carbons (Fsp3) is 0.370. The second kappa shape index (κ2) is 11.8. The van der Waals surface area contributed by atoms with E-state index in [1.807, 2.05) is 47.4 Å². The third-order valence-corrected chi connectivity index (χ3v) is 6.12. The minimum Gasteiger partial charge on any atom is -0.497 e. The number of carbonyl (C=O) groups excluding carboxylic acids is 1. The lowest BCUT2D eigenvalue weighted by Gasteiger charge is -2.36. The summed E-state index contributed by atoms with van der Waals surface area (Å²) >= 11 is 0. The third-order valence-electron chi connectivity index (χ3n) is 6.12. The van der Waals surface area contributed by atoms with Gasteiger partial charge in [-0.05, 0) is 17.7 Å². The van der Waals surface area contributed by atoms with Gasteiger partial charge in [-0.1, -0.05) is 42.5 Å². The van der Waals surface area contributed by atoms with Crippen LogP contribution in [0.1, 0.15) is 16.8 Å². The van der Waals surface area contributed by atoms with Crippen molar-refractivity contribution < 1.29 is 19.0 Å². The van der Waals surface area contributed by atoms with Gasteiger partial charge in [0.25, 0.3) is 0 Å². The zero-order valence-electron chi connectivity index (χ0n) is 20.6. The molecule has 2 heterocycles. The van der Waals surface area contributed by atoms with Crippen LogP contribution >= 0.6 is 0 Å². The van der Waals surface area contributed by atoms with Gasteiger partial charge in [-0.3, -0.25) is 4.79 Å². The van der Waals surface area contributed by atoms with Crippen LogP contribution in [0.3, 0.4) is 0 Å². The van der Waals surface area contributed by atoms with Gasteiger partial charge in [-0.2, -0.15) is 0 Å². The van der Waals surface area contributed by atoms with E-state index in [1.54, 1.807) is 21.3 Å². The van der Waals surface area contributed by atoms with Crippen LogP contribution in [0.15, 0.2) is 54.6 Å². The largest absolute Gasteiger partial charge is 0.497 e. The molecule has 4 rings (SSSR count). The molecule has 2 aromatic carbocycles. The summed E-state index contributed by atoms with van der Waals surface area (Å²) < 4.78 is 15.9. The molecule has 1 saturated heterocycles. The van der Waals surface area contributed by atoms with E-state index in [0.29, 0.717) is 45.0 Å². The lowest BCUT2D eigenvalue weighted by molar-refractivity contribution is -0.135. The predicted molar refractivity (Wildman–Crippen MR) is 135 cm³/mol. The van der Waals surface area contributed by atoms with Crippen LogP contribution in [0.2, 0.25) is 0 Å². The van der Waals surface area contributed by atoms with Crippen LogP contribution in [-0.2, 0) is 27.3 Å². The van der Waals surface area contributed by atoms with Gasteiger partial charge < -0.3 is 24.0 Å². The molecule has 1 amide bonds. The van der Waals surface area contributed by atoms with Crippen LogP contribution in [0, 0.1) is 0 Å². The minimum atomic E-state index is 0.0124. The number of benzene rings is 2. The maximum atomic E-state index is 12.3. The summed E-state index contributed by atoms with van der Waals surface area (Å²) in [7, 11) is 4.89. The lowest BCUT2D eigenvalue weighted by Crippen LogP contribution is -2.50. The Labute approximate surface area is 206 Å². The van der Waals surface area contributed by atoms with Gasteiger partial charge in [0.15, 0.2) is 5.82 Å². The topological polar surface area (TPSA) is 77.0 Å². The van der Waals surface area contributed by atoms with Crippen LogP contribution in [0.25, 0.3) is 11.4 Å². The summed E-state index contributed by atoms with van der Waals surface area (Å²) in [6.07, 6.45) is 0.663. The Bertz CT molecular complexity index is 1110. The summed E-state index contributed by atoms with van der Waals surface area (Å²) in [5.41, 5.74) is 3.99. The van der Waals surface area contributed by atoms with E-state index in [0.717, 1.165) is 34.0 Å². The van der Waals surface area contributed by atoms with Crippen molar-refractivity contribution in [2.45, 2.75) is 13.0 Å². The van der Waals surface area contributed by atoms with E-state index >= 15 is 0 Å². The Morgan fingerprint density at radius 1 is 0.886 bits per heavy atom. The highest BCUT2D eigenvalue weighted by Gasteiger charge is 2.26. The van der Waals surface area contributed by atoms with Gasteiger partial charge >= 0.3 is 0 Å². The number of rotatable bonds is 9. The fourth-order valence-electron chi connectivity index (χ4n) is 4.26. The number of anilines is 1. The van der Waals surface area contributed by atoms with Crippen LogP contribution in [0.5, 0.6) is 5.75 Å². The predicted octanol–water partition coefficient (Wildman–Crippen LogP) is 3.18. The molecule has 35 heavy (non-hydrogen) atoms.